The minimum absolute atomic E-state index is 0.0487. The van der Waals surface area contributed by atoms with Crippen LogP contribution in [-0.4, -0.2) is 12.5 Å². The van der Waals surface area contributed by atoms with Gasteiger partial charge < -0.3 is 9.32 Å². The normalized spacial score (nSPS) is 14.2. The number of fused-ring (bicyclic) bond motifs is 1. The molecular weight excluding hydrogens is 257 g/mol. The molecule has 1 aliphatic rings. The van der Waals surface area contributed by atoms with Crippen molar-refractivity contribution >= 4 is 11.6 Å². The number of nitrogens with zero attached hydrogens (tertiary/aromatic N) is 1. The Labute approximate surface area is 117 Å². The van der Waals surface area contributed by atoms with Crippen LogP contribution in [0.2, 0.25) is 0 Å². The van der Waals surface area contributed by atoms with Crippen LogP contribution in [0.4, 0.5) is 10.1 Å². The average Bonchev–Trinajstić information content (AvgIpc) is 2.98. The second kappa shape index (κ2) is 5.49. The van der Waals surface area contributed by atoms with Crippen molar-refractivity contribution in [2.45, 2.75) is 25.7 Å². The largest absolute Gasteiger partial charge is 0.469 e. The molecule has 0 unspecified atom stereocenters. The molecule has 1 aromatic heterocycles. The van der Waals surface area contributed by atoms with E-state index in [4.69, 9.17) is 4.42 Å². The van der Waals surface area contributed by atoms with Gasteiger partial charge >= 0.3 is 0 Å². The van der Waals surface area contributed by atoms with Crippen LogP contribution < -0.4 is 4.90 Å². The minimum atomic E-state index is -0.312. The van der Waals surface area contributed by atoms with Crippen molar-refractivity contribution in [2.24, 2.45) is 0 Å². The topological polar surface area (TPSA) is 33.5 Å². The summed E-state index contributed by atoms with van der Waals surface area (Å²) in [4.78, 5) is 13.9. The lowest BCUT2D eigenvalue weighted by Gasteiger charge is -2.29. The number of hydrogen-bond acceptors (Lipinski definition) is 2. The zero-order valence-corrected chi connectivity index (χ0v) is 11.1. The highest BCUT2D eigenvalue weighted by atomic mass is 19.1. The summed E-state index contributed by atoms with van der Waals surface area (Å²) < 4.78 is 19.2. The van der Waals surface area contributed by atoms with Crippen LogP contribution in [0.3, 0.4) is 0 Å². The fourth-order valence-electron chi connectivity index (χ4n) is 2.67. The van der Waals surface area contributed by atoms with Gasteiger partial charge in [0.05, 0.1) is 12.0 Å². The maximum atomic E-state index is 14.0. The van der Waals surface area contributed by atoms with E-state index in [1.54, 1.807) is 23.3 Å². The molecule has 1 aliphatic heterocycles. The van der Waals surface area contributed by atoms with Crippen LogP contribution >= 0.6 is 0 Å². The number of carbonyl (C=O) groups is 1. The quantitative estimate of drug-likeness (QED) is 0.859. The molecule has 0 fully saturated rings. The summed E-state index contributed by atoms with van der Waals surface area (Å²) >= 11 is 0. The van der Waals surface area contributed by atoms with E-state index < -0.39 is 0 Å². The van der Waals surface area contributed by atoms with Crippen LogP contribution in [0.1, 0.15) is 24.2 Å². The summed E-state index contributed by atoms with van der Waals surface area (Å²) in [7, 11) is 0. The van der Waals surface area contributed by atoms with Gasteiger partial charge in [-0.25, -0.2) is 4.39 Å². The molecule has 2 heterocycles. The SMILES string of the molecule is O=C(CCc1ccco1)N1CCCc2cccc(F)c21. The molecule has 0 saturated heterocycles. The fraction of sp³-hybridized carbons (Fsp3) is 0.312. The highest BCUT2D eigenvalue weighted by Crippen LogP contribution is 2.30. The molecule has 0 saturated carbocycles. The Morgan fingerprint density at radius 1 is 1.30 bits per heavy atom. The number of para-hydroxylation sites is 1. The standard InChI is InChI=1S/C16H16FNO2/c17-14-7-1-4-12-5-2-10-18(16(12)14)15(19)9-8-13-6-3-11-20-13/h1,3-4,6-7,11H,2,5,8-10H2. The summed E-state index contributed by atoms with van der Waals surface area (Å²) in [6.45, 7) is 0.588. The molecule has 1 aromatic carbocycles. The summed E-state index contributed by atoms with van der Waals surface area (Å²) in [6.07, 6.45) is 4.18. The van der Waals surface area contributed by atoms with Gasteiger partial charge in [-0.3, -0.25) is 4.79 Å². The number of hydrogen-bond donors (Lipinski definition) is 0. The van der Waals surface area contributed by atoms with Crippen LogP contribution in [0, 0.1) is 5.82 Å². The maximum Gasteiger partial charge on any atom is 0.227 e. The highest BCUT2D eigenvalue weighted by molar-refractivity contribution is 5.94. The first kappa shape index (κ1) is 12.9. The van der Waals surface area contributed by atoms with E-state index in [0.29, 0.717) is 25.1 Å². The first-order chi connectivity index (χ1) is 9.75. The molecule has 3 nitrogen and oxygen atoms in total. The van der Waals surface area contributed by atoms with Crippen LogP contribution in [0.25, 0.3) is 0 Å². The Balaban J connectivity index is 1.76. The second-order valence-corrected chi connectivity index (χ2v) is 4.98. The van der Waals surface area contributed by atoms with Crippen molar-refractivity contribution < 1.29 is 13.6 Å². The Kier molecular flexibility index (Phi) is 3.54. The first-order valence-corrected chi connectivity index (χ1v) is 6.86. The number of halogens is 1. The van der Waals surface area contributed by atoms with Gasteiger partial charge in [-0.2, -0.15) is 0 Å². The van der Waals surface area contributed by atoms with Crippen molar-refractivity contribution in [3.8, 4) is 0 Å². The Hall–Kier alpha value is -2.10. The van der Waals surface area contributed by atoms with Gasteiger partial charge in [0.25, 0.3) is 0 Å². The summed E-state index contributed by atoms with van der Waals surface area (Å²) in [5, 5.41) is 0. The number of amides is 1. The van der Waals surface area contributed by atoms with Crippen molar-refractivity contribution in [1.29, 1.82) is 0 Å². The van der Waals surface area contributed by atoms with Crippen LogP contribution in [-0.2, 0) is 17.6 Å². The predicted molar refractivity (Wildman–Crippen MR) is 74.1 cm³/mol. The molecule has 0 N–H and O–H groups in total. The van der Waals surface area contributed by atoms with Crippen molar-refractivity contribution in [3.63, 3.8) is 0 Å². The monoisotopic (exact) mass is 273 g/mol. The lowest BCUT2D eigenvalue weighted by Crippen LogP contribution is -2.36. The highest BCUT2D eigenvalue weighted by Gasteiger charge is 2.25. The third kappa shape index (κ3) is 2.46. The van der Waals surface area contributed by atoms with E-state index in [1.165, 1.54) is 6.07 Å². The molecule has 2 aromatic rings. The van der Waals surface area contributed by atoms with E-state index in [0.717, 1.165) is 24.2 Å². The van der Waals surface area contributed by atoms with Gasteiger partial charge in [0, 0.05) is 19.4 Å². The van der Waals surface area contributed by atoms with E-state index in [9.17, 15) is 9.18 Å². The van der Waals surface area contributed by atoms with Gasteiger partial charge in [-0.05, 0) is 36.6 Å². The molecule has 0 spiro atoms. The van der Waals surface area contributed by atoms with Gasteiger partial charge in [0.2, 0.25) is 5.91 Å². The molecule has 104 valence electrons. The minimum Gasteiger partial charge on any atom is -0.469 e. The number of aryl methyl sites for hydroxylation is 2. The predicted octanol–water partition coefficient (Wildman–Crippen LogP) is 3.33. The number of rotatable bonds is 3. The molecule has 0 atom stereocenters. The van der Waals surface area contributed by atoms with Crippen molar-refractivity contribution in [1.82, 2.24) is 0 Å². The Morgan fingerprint density at radius 3 is 3.00 bits per heavy atom. The molecule has 0 radical (unpaired) electrons. The van der Waals surface area contributed by atoms with Crippen molar-refractivity contribution in [2.75, 3.05) is 11.4 Å². The Bertz CT molecular complexity index is 607. The maximum absolute atomic E-state index is 14.0. The molecular formula is C16H16FNO2. The average molecular weight is 273 g/mol. The first-order valence-electron chi connectivity index (χ1n) is 6.86. The molecule has 0 bridgehead atoms. The van der Waals surface area contributed by atoms with Gasteiger partial charge in [0.1, 0.15) is 11.6 Å². The number of anilines is 1. The second-order valence-electron chi connectivity index (χ2n) is 4.98. The Morgan fingerprint density at radius 2 is 2.20 bits per heavy atom. The molecule has 0 aliphatic carbocycles. The van der Waals surface area contributed by atoms with Crippen LogP contribution in [0.15, 0.2) is 41.0 Å². The van der Waals surface area contributed by atoms with E-state index in [1.807, 2.05) is 12.1 Å². The van der Waals surface area contributed by atoms with Gasteiger partial charge in [-0.15, -0.1) is 0 Å². The zero-order chi connectivity index (χ0) is 13.9. The number of benzene rings is 1. The molecule has 20 heavy (non-hydrogen) atoms. The summed E-state index contributed by atoms with van der Waals surface area (Å²) in [6, 6.07) is 8.65. The van der Waals surface area contributed by atoms with Crippen LogP contribution in [0.5, 0.6) is 0 Å². The summed E-state index contributed by atoms with van der Waals surface area (Å²) in [5.74, 6) is 0.421. The lowest BCUT2D eigenvalue weighted by atomic mass is 10.0. The van der Waals surface area contributed by atoms with E-state index >= 15 is 0 Å². The van der Waals surface area contributed by atoms with Gasteiger partial charge in [0.15, 0.2) is 0 Å². The van der Waals surface area contributed by atoms with Gasteiger partial charge in [-0.1, -0.05) is 12.1 Å². The molecule has 1 amide bonds. The number of carbonyl (C=O) groups excluding carboxylic acids is 1. The molecule has 4 heteroatoms. The lowest BCUT2D eigenvalue weighted by molar-refractivity contribution is -0.118. The zero-order valence-electron chi connectivity index (χ0n) is 11.1. The van der Waals surface area contributed by atoms with Crippen molar-refractivity contribution in [3.05, 3.63) is 53.7 Å². The van der Waals surface area contributed by atoms with E-state index in [-0.39, 0.29) is 11.7 Å². The smallest absolute Gasteiger partial charge is 0.227 e. The van der Waals surface area contributed by atoms with E-state index in [2.05, 4.69) is 0 Å². The molecule has 3 rings (SSSR count). The third-order valence-corrected chi connectivity index (χ3v) is 3.63. The summed E-state index contributed by atoms with van der Waals surface area (Å²) in [5.41, 5.74) is 1.38. The fourth-order valence-corrected chi connectivity index (χ4v) is 2.67. The third-order valence-electron chi connectivity index (χ3n) is 3.63. The number of furan rings is 1.